The molecule has 0 fully saturated rings. The van der Waals surface area contributed by atoms with Crippen LogP contribution in [0.5, 0.6) is 11.5 Å². The van der Waals surface area contributed by atoms with E-state index in [2.05, 4.69) is 4.74 Å². The third-order valence-corrected chi connectivity index (χ3v) is 2.85. The molecule has 0 aromatic heterocycles. The van der Waals surface area contributed by atoms with Crippen molar-refractivity contribution in [3.8, 4) is 11.5 Å². The molecule has 1 aliphatic rings. The first-order valence-corrected chi connectivity index (χ1v) is 5.83. The van der Waals surface area contributed by atoms with Crippen LogP contribution in [0.2, 0.25) is 0 Å². The minimum atomic E-state index is -0.219. The molecule has 1 aliphatic heterocycles. The summed E-state index contributed by atoms with van der Waals surface area (Å²) in [4.78, 5) is 13.0. The average Bonchev–Trinajstić information content (AvgIpc) is 2.83. The van der Waals surface area contributed by atoms with Crippen molar-refractivity contribution in [3.63, 3.8) is 0 Å². The van der Waals surface area contributed by atoms with E-state index in [0.717, 1.165) is 30.0 Å². The van der Waals surface area contributed by atoms with Crippen LogP contribution in [0.25, 0.3) is 0 Å². The Morgan fingerprint density at radius 3 is 2.94 bits per heavy atom. The maximum atomic E-state index is 11.1. The third kappa shape index (κ3) is 3.13. The van der Waals surface area contributed by atoms with Crippen molar-refractivity contribution in [2.24, 2.45) is 0 Å². The average molecular weight is 251 g/mol. The molecule has 1 heterocycles. The first kappa shape index (κ1) is 12.7. The number of fused-ring (bicyclic) bond motifs is 1. The lowest BCUT2D eigenvalue weighted by Gasteiger charge is -2.14. The van der Waals surface area contributed by atoms with Gasteiger partial charge >= 0.3 is 5.97 Å². The molecular formula is C13H17NO4. The van der Waals surface area contributed by atoms with Crippen molar-refractivity contribution in [2.75, 3.05) is 34.0 Å². The molecule has 5 heteroatoms. The lowest BCUT2D eigenvalue weighted by Crippen LogP contribution is -2.28. The van der Waals surface area contributed by atoms with E-state index in [4.69, 9.17) is 9.47 Å². The molecule has 0 aliphatic carbocycles. The predicted molar refractivity (Wildman–Crippen MR) is 65.8 cm³/mol. The van der Waals surface area contributed by atoms with E-state index < -0.39 is 0 Å². The van der Waals surface area contributed by atoms with Crippen LogP contribution in [-0.4, -0.2) is 44.9 Å². The van der Waals surface area contributed by atoms with Crippen molar-refractivity contribution < 1.29 is 19.0 Å². The molecule has 5 nitrogen and oxygen atoms in total. The van der Waals surface area contributed by atoms with Gasteiger partial charge in [-0.3, -0.25) is 9.69 Å². The fourth-order valence-electron chi connectivity index (χ4n) is 1.78. The number of likely N-dealkylation sites (N-methyl/N-ethyl adjacent to an activating group) is 1. The maximum Gasteiger partial charge on any atom is 0.319 e. The normalized spacial score (nSPS) is 12.8. The Labute approximate surface area is 106 Å². The van der Waals surface area contributed by atoms with Gasteiger partial charge in [0.05, 0.1) is 13.7 Å². The van der Waals surface area contributed by atoms with Crippen molar-refractivity contribution >= 4 is 5.97 Å². The molecule has 0 spiro atoms. The van der Waals surface area contributed by atoms with Gasteiger partial charge in [0, 0.05) is 6.54 Å². The minimum absolute atomic E-state index is 0.219. The molecule has 0 saturated carbocycles. The molecular weight excluding hydrogens is 234 g/mol. The lowest BCUT2D eigenvalue weighted by atomic mass is 10.1. The largest absolute Gasteiger partial charge is 0.468 e. The van der Waals surface area contributed by atoms with Gasteiger partial charge in [-0.05, 0) is 31.2 Å². The summed E-state index contributed by atoms with van der Waals surface area (Å²) < 4.78 is 15.2. The van der Waals surface area contributed by atoms with Crippen LogP contribution in [0.3, 0.4) is 0 Å². The quantitative estimate of drug-likeness (QED) is 0.732. The topological polar surface area (TPSA) is 48.0 Å². The molecule has 1 aromatic rings. The Morgan fingerprint density at radius 2 is 2.17 bits per heavy atom. The predicted octanol–water partition coefficient (Wildman–Crippen LogP) is 1.06. The second-order valence-electron chi connectivity index (χ2n) is 4.25. The Morgan fingerprint density at radius 1 is 1.39 bits per heavy atom. The second-order valence-corrected chi connectivity index (χ2v) is 4.25. The number of carbonyl (C=O) groups is 1. The molecule has 2 rings (SSSR count). The Hall–Kier alpha value is -1.75. The number of nitrogens with zero attached hydrogens (tertiary/aromatic N) is 1. The fraction of sp³-hybridized carbons (Fsp3) is 0.462. The van der Waals surface area contributed by atoms with Gasteiger partial charge in [-0.1, -0.05) is 6.07 Å². The fourth-order valence-corrected chi connectivity index (χ4v) is 1.78. The smallest absolute Gasteiger partial charge is 0.319 e. The van der Waals surface area contributed by atoms with Crippen LogP contribution in [0.15, 0.2) is 18.2 Å². The zero-order chi connectivity index (χ0) is 13.0. The first-order valence-electron chi connectivity index (χ1n) is 5.83. The van der Waals surface area contributed by atoms with E-state index in [1.807, 2.05) is 30.1 Å². The molecule has 0 atom stereocenters. The van der Waals surface area contributed by atoms with E-state index in [9.17, 15) is 4.79 Å². The molecule has 0 bridgehead atoms. The van der Waals surface area contributed by atoms with E-state index in [0.29, 0.717) is 13.3 Å². The summed E-state index contributed by atoms with van der Waals surface area (Å²) in [6.45, 7) is 1.39. The van der Waals surface area contributed by atoms with E-state index in [-0.39, 0.29) is 5.97 Å². The van der Waals surface area contributed by atoms with Crippen molar-refractivity contribution in [1.29, 1.82) is 0 Å². The molecule has 0 N–H and O–H groups in total. The van der Waals surface area contributed by atoms with Crippen LogP contribution in [0.1, 0.15) is 5.56 Å². The highest BCUT2D eigenvalue weighted by Gasteiger charge is 2.13. The van der Waals surface area contributed by atoms with Gasteiger partial charge in [0.25, 0.3) is 0 Å². The summed E-state index contributed by atoms with van der Waals surface area (Å²) in [5.74, 6) is 1.37. The maximum absolute atomic E-state index is 11.1. The number of hydrogen-bond donors (Lipinski definition) is 0. The highest BCUT2D eigenvalue weighted by Crippen LogP contribution is 2.32. The molecule has 0 saturated heterocycles. The van der Waals surface area contributed by atoms with E-state index in [1.165, 1.54) is 7.11 Å². The second kappa shape index (κ2) is 5.73. The first-order chi connectivity index (χ1) is 8.69. The number of rotatable bonds is 5. The highest BCUT2D eigenvalue weighted by molar-refractivity contribution is 5.71. The van der Waals surface area contributed by atoms with Crippen LogP contribution >= 0.6 is 0 Å². The Kier molecular flexibility index (Phi) is 4.04. The van der Waals surface area contributed by atoms with Gasteiger partial charge in [0.2, 0.25) is 6.79 Å². The number of methoxy groups -OCH3 is 1. The van der Waals surface area contributed by atoms with E-state index in [1.54, 1.807) is 0 Å². The van der Waals surface area contributed by atoms with Crippen LogP contribution in [-0.2, 0) is 16.0 Å². The Bertz CT molecular complexity index is 433. The number of esters is 1. The summed E-state index contributed by atoms with van der Waals surface area (Å²) in [6, 6.07) is 5.91. The van der Waals surface area contributed by atoms with Gasteiger partial charge in [-0.15, -0.1) is 0 Å². The minimum Gasteiger partial charge on any atom is -0.468 e. The molecule has 98 valence electrons. The van der Waals surface area contributed by atoms with E-state index >= 15 is 0 Å². The molecule has 0 amide bonds. The van der Waals surface area contributed by atoms with Gasteiger partial charge in [-0.25, -0.2) is 0 Å². The van der Waals surface area contributed by atoms with Gasteiger partial charge < -0.3 is 14.2 Å². The summed E-state index contributed by atoms with van der Waals surface area (Å²) in [6.07, 6.45) is 0.851. The molecule has 0 radical (unpaired) electrons. The number of ether oxygens (including phenoxy) is 3. The zero-order valence-corrected chi connectivity index (χ0v) is 10.6. The number of benzene rings is 1. The SMILES string of the molecule is COC(=O)CN(C)CCc1ccc2c(c1)OCO2. The van der Waals surface area contributed by atoms with Crippen molar-refractivity contribution in [3.05, 3.63) is 23.8 Å². The van der Waals surface area contributed by atoms with Crippen molar-refractivity contribution in [1.82, 2.24) is 4.90 Å². The number of carbonyl (C=O) groups excluding carboxylic acids is 1. The standard InChI is InChI=1S/C13H17NO4/c1-14(8-13(15)16-2)6-5-10-3-4-11-12(7-10)18-9-17-11/h3-4,7H,5-6,8-9H2,1-2H3. The van der Waals surface area contributed by atoms with Crippen LogP contribution in [0, 0.1) is 0 Å². The summed E-state index contributed by atoms with van der Waals surface area (Å²) in [5.41, 5.74) is 1.16. The molecule has 18 heavy (non-hydrogen) atoms. The monoisotopic (exact) mass is 251 g/mol. The summed E-state index contributed by atoms with van der Waals surface area (Å²) in [5, 5.41) is 0. The van der Waals surface area contributed by atoms with Crippen LogP contribution < -0.4 is 9.47 Å². The lowest BCUT2D eigenvalue weighted by molar-refractivity contribution is -0.141. The van der Waals surface area contributed by atoms with Gasteiger partial charge in [0.1, 0.15) is 0 Å². The Balaban J connectivity index is 1.85. The summed E-state index contributed by atoms with van der Waals surface area (Å²) >= 11 is 0. The third-order valence-electron chi connectivity index (χ3n) is 2.85. The van der Waals surface area contributed by atoms with Gasteiger partial charge in [-0.2, -0.15) is 0 Å². The van der Waals surface area contributed by atoms with Crippen molar-refractivity contribution in [2.45, 2.75) is 6.42 Å². The summed E-state index contributed by atoms with van der Waals surface area (Å²) in [7, 11) is 3.29. The van der Waals surface area contributed by atoms with Crippen LogP contribution in [0.4, 0.5) is 0 Å². The molecule has 1 aromatic carbocycles. The highest BCUT2D eigenvalue weighted by atomic mass is 16.7. The molecule has 0 unspecified atom stereocenters. The van der Waals surface area contributed by atoms with Gasteiger partial charge in [0.15, 0.2) is 11.5 Å². The number of hydrogen-bond acceptors (Lipinski definition) is 5. The zero-order valence-electron chi connectivity index (χ0n) is 10.6.